The SMILES string of the molecule is CCc1ccc2oc(C(C)(N)CC)nc2c1. The minimum atomic E-state index is -0.481. The molecule has 1 atom stereocenters. The van der Waals surface area contributed by atoms with E-state index >= 15 is 0 Å². The van der Waals surface area contributed by atoms with Gasteiger partial charge < -0.3 is 10.2 Å². The minimum Gasteiger partial charge on any atom is -0.439 e. The molecule has 3 nitrogen and oxygen atoms in total. The summed E-state index contributed by atoms with van der Waals surface area (Å²) >= 11 is 0. The van der Waals surface area contributed by atoms with E-state index in [9.17, 15) is 0 Å². The molecular weight excluding hydrogens is 200 g/mol. The molecule has 2 rings (SSSR count). The Bertz CT molecular complexity index is 500. The molecule has 16 heavy (non-hydrogen) atoms. The summed E-state index contributed by atoms with van der Waals surface area (Å²) in [5.74, 6) is 0.623. The highest BCUT2D eigenvalue weighted by Gasteiger charge is 2.25. The largest absolute Gasteiger partial charge is 0.439 e. The molecule has 0 aliphatic carbocycles. The summed E-state index contributed by atoms with van der Waals surface area (Å²) in [7, 11) is 0. The van der Waals surface area contributed by atoms with Gasteiger partial charge >= 0.3 is 0 Å². The van der Waals surface area contributed by atoms with Crippen molar-refractivity contribution in [1.29, 1.82) is 0 Å². The second-order valence-corrected chi connectivity index (χ2v) is 4.45. The van der Waals surface area contributed by atoms with E-state index in [2.05, 4.69) is 24.0 Å². The zero-order chi connectivity index (χ0) is 11.8. The van der Waals surface area contributed by atoms with Crippen LogP contribution in [0.2, 0.25) is 0 Å². The number of hydrogen-bond donors (Lipinski definition) is 1. The minimum absolute atomic E-state index is 0.481. The molecule has 0 bridgehead atoms. The van der Waals surface area contributed by atoms with Crippen LogP contribution >= 0.6 is 0 Å². The second-order valence-electron chi connectivity index (χ2n) is 4.45. The molecule has 2 aromatic rings. The normalized spacial score (nSPS) is 15.2. The van der Waals surface area contributed by atoms with Crippen molar-refractivity contribution in [2.24, 2.45) is 5.73 Å². The lowest BCUT2D eigenvalue weighted by Crippen LogP contribution is -2.32. The number of benzene rings is 1. The third-order valence-corrected chi connectivity index (χ3v) is 3.08. The van der Waals surface area contributed by atoms with Gasteiger partial charge in [0.1, 0.15) is 5.52 Å². The van der Waals surface area contributed by atoms with Crippen molar-refractivity contribution in [1.82, 2.24) is 4.98 Å². The Balaban J connectivity index is 2.52. The van der Waals surface area contributed by atoms with Gasteiger partial charge in [-0.05, 0) is 37.5 Å². The molecule has 1 aromatic carbocycles. The lowest BCUT2D eigenvalue weighted by Gasteiger charge is -2.17. The fraction of sp³-hybridized carbons (Fsp3) is 0.462. The van der Waals surface area contributed by atoms with Crippen LogP contribution in [0, 0.1) is 0 Å². The van der Waals surface area contributed by atoms with Crippen LogP contribution in [0.1, 0.15) is 38.6 Å². The second kappa shape index (κ2) is 3.91. The molecule has 2 N–H and O–H groups in total. The lowest BCUT2D eigenvalue weighted by molar-refractivity contribution is 0.356. The van der Waals surface area contributed by atoms with Gasteiger partial charge in [-0.1, -0.05) is 19.9 Å². The molecule has 1 unspecified atom stereocenters. The Morgan fingerprint density at radius 3 is 2.75 bits per heavy atom. The first-order valence-corrected chi connectivity index (χ1v) is 5.75. The number of rotatable bonds is 3. The van der Waals surface area contributed by atoms with E-state index in [1.54, 1.807) is 0 Å². The number of nitrogens with zero attached hydrogens (tertiary/aromatic N) is 1. The number of fused-ring (bicyclic) bond motifs is 1. The first-order valence-electron chi connectivity index (χ1n) is 5.75. The van der Waals surface area contributed by atoms with Crippen molar-refractivity contribution >= 4 is 11.1 Å². The standard InChI is InChI=1S/C13H18N2O/c1-4-9-6-7-11-10(8-9)15-12(16-11)13(3,14)5-2/h6-8H,4-5,14H2,1-3H3. The third kappa shape index (κ3) is 1.83. The number of nitrogens with two attached hydrogens (primary N) is 1. The fourth-order valence-corrected chi connectivity index (χ4v) is 1.59. The summed E-state index contributed by atoms with van der Waals surface area (Å²) < 4.78 is 5.69. The molecule has 0 aliphatic heterocycles. The Hall–Kier alpha value is -1.35. The molecule has 1 heterocycles. The monoisotopic (exact) mass is 218 g/mol. The van der Waals surface area contributed by atoms with Gasteiger partial charge in [0.2, 0.25) is 5.89 Å². The maximum absolute atomic E-state index is 6.12. The fourth-order valence-electron chi connectivity index (χ4n) is 1.59. The Kier molecular flexibility index (Phi) is 2.72. The zero-order valence-corrected chi connectivity index (χ0v) is 10.1. The summed E-state index contributed by atoms with van der Waals surface area (Å²) in [6.45, 7) is 6.10. The molecule has 0 spiro atoms. The first-order chi connectivity index (χ1) is 7.56. The average Bonchev–Trinajstić information content (AvgIpc) is 2.72. The van der Waals surface area contributed by atoms with E-state index in [1.165, 1.54) is 5.56 Å². The maximum Gasteiger partial charge on any atom is 0.215 e. The Morgan fingerprint density at radius 2 is 2.12 bits per heavy atom. The molecule has 3 heteroatoms. The number of aryl methyl sites for hydroxylation is 1. The molecule has 0 radical (unpaired) electrons. The molecule has 0 saturated carbocycles. The van der Waals surface area contributed by atoms with Crippen LogP contribution in [0.15, 0.2) is 22.6 Å². The van der Waals surface area contributed by atoms with Gasteiger partial charge in [-0.2, -0.15) is 0 Å². The molecule has 0 aliphatic rings. The zero-order valence-electron chi connectivity index (χ0n) is 10.1. The van der Waals surface area contributed by atoms with E-state index in [1.807, 2.05) is 19.9 Å². The number of oxazole rings is 1. The quantitative estimate of drug-likeness (QED) is 0.861. The van der Waals surface area contributed by atoms with E-state index in [0.717, 1.165) is 23.9 Å². The van der Waals surface area contributed by atoms with Gasteiger partial charge in [-0.25, -0.2) is 4.98 Å². The van der Waals surface area contributed by atoms with Gasteiger partial charge in [0.25, 0.3) is 0 Å². The molecule has 0 amide bonds. The average molecular weight is 218 g/mol. The van der Waals surface area contributed by atoms with Gasteiger partial charge in [0.15, 0.2) is 5.58 Å². The first kappa shape index (κ1) is 11.1. The molecule has 86 valence electrons. The summed E-state index contributed by atoms with van der Waals surface area (Å²) in [5, 5.41) is 0. The molecule has 0 fully saturated rings. The van der Waals surface area contributed by atoms with Crippen LogP contribution in [0.3, 0.4) is 0 Å². The maximum atomic E-state index is 6.12. The van der Waals surface area contributed by atoms with Gasteiger partial charge in [0.05, 0.1) is 5.54 Å². The highest BCUT2D eigenvalue weighted by atomic mass is 16.3. The van der Waals surface area contributed by atoms with Gasteiger partial charge in [0, 0.05) is 0 Å². The van der Waals surface area contributed by atoms with E-state index in [0.29, 0.717) is 5.89 Å². The highest BCUT2D eigenvalue weighted by molar-refractivity contribution is 5.73. The van der Waals surface area contributed by atoms with Crippen LogP contribution in [0.25, 0.3) is 11.1 Å². The van der Waals surface area contributed by atoms with Crippen LogP contribution in [-0.4, -0.2) is 4.98 Å². The van der Waals surface area contributed by atoms with Gasteiger partial charge in [-0.3, -0.25) is 0 Å². The van der Waals surface area contributed by atoms with Crippen molar-refractivity contribution < 1.29 is 4.42 Å². The van der Waals surface area contributed by atoms with E-state index in [-0.39, 0.29) is 0 Å². The van der Waals surface area contributed by atoms with Crippen molar-refractivity contribution in [2.45, 2.75) is 39.2 Å². The summed E-state index contributed by atoms with van der Waals surface area (Å²) in [6, 6.07) is 6.10. The number of aromatic nitrogens is 1. The molecule has 1 aromatic heterocycles. The lowest BCUT2D eigenvalue weighted by atomic mass is 10.0. The van der Waals surface area contributed by atoms with Crippen LogP contribution in [0.5, 0.6) is 0 Å². The van der Waals surface area contributed by atoms with Crippen molar-refractivity contribution in [3.8, 4) is 0 Å². The van der Waals surface area contributed by atoms with Crippen LogP contribution < -0.4 is 5.73 Å². The van der Waals surface area contributed by atoms with Crippen molar-refractivity contribution in [2.75, 3.05) is 0 Å². The Labute approximate surface area is 95.7 Å². The predicted octanol–water partition coefficient (Wildman–Crippen LogP) is 2.97. The molecular formula is C13H18N2O. The van der Waals surface area contributed by atoms with Gasteiger partial charge in [-0.15, -0.1) is 0 Å². The third-order valence-electron chi connectivity index (χ3n) is 3.08. The summed E-state index contributed by atoms with van der Waals surface area (Å²) in [5.41, 5.74) is 8.62. The summed E-state index contributed by atoms with van der Waals surface area (Å²) in [4.78, 5) is 4.47. The van der Waals surface area contributed by atoms with Crippen molar-refractivity contribution in [3.05, 3.63) is 29.7 Å². The predicted molar refractivity (Wildman–Crippen MR) is 65.2 cm³/mol. The van der Waals surface area contributed by atoms with E-state index < -0.39 is 5.54 Å². The molecule has 0 saturated heterocycles. The van der Waals surface area contributed by atoms with Crippen molar-refractivity contribution in [3.63, 3.8) is 0 Å². The Morgan fingerprint density at radius 1 is 1.38 bits per heavy atom. The topological polar surface area (TPSA) is 52.0 Å². The number of hydrogen-bond acceptors (Lipinski definition) is 3. The smallest absolute Gasteiger partial charge is 0.215 e. The van der Waals surface area contributed by atoms with Crippen LogP contribution in [0.4, 0.5) is 0 Å². The van der Waals surface area contributed by atoms with E-state index in [4.69, 9.17) is 10.2 Å². The highest BCUT2D eigenvalue weighted by Crippen LogP contribution is 2.25. The summed E-state index contributed by atoms with van der Waals surface area (Å²) in [6.07, 6.45) is 1.81. The van der Waals surface area contributed by atoms with Crippen LogP contribution in [-0.2, 0) is 12.0 Å².